The summed E-state index contributed by atoms with van der Waals surface area (Å²) < 4.78 is 5.69. The Morgan fingerprint density at radius 1 is 1.06 bits per heavy atom. The van der Waals surface area contributed by atoms with Crippen LogP contribution < -0.4 is 5.32 Å². The molecule has 0 spiro atoms. The molecule has 0 saturated heterocycles. The summed E-state index contributed by atoms with van der Waals surface area (Å²) in [5, 5.41) is 12.2. The summed E-state index contributed by atoms with van der Waals surface area (Å²) in [5.74, 6) is -1.56. The molecular weight excluding hydrogens is 444 g/mol. The lowest BCUT2D eigenvalue weighted by atomic mass is 9.98. The number of alkyl carbamates (subject to hydrolysis) is 1. The molecule has 0 bridgehead atoms. The first-order valence-electron chi connectivity index (χ1n) is 12.5. The maximum atomic E-state index is 12.8. The summed E-state index contributed by atoms with van der Waals surface area (Å²) >= 11 is 0. The zero-order chi connectivity index (χ0) is 24.9. The van der Waals surface area contributed by atoms with Crippen LogP contribution in [0, 0.1) is 11.8 Å². The van der Waals surface area contributed by atoms with Crippen LogP contribution in [0.3, 0.4) is 0 Å². The fourth-order valence-electron chi connectivity index (χ4n) is 5.43. The predicted octanol–water partition coefficient (Wildman–Crippen LogP) is 4.65. The van der Waals surface area contributed by atoms with Crippen molar-refractivity contribution in [2.45, 2.75) is 51.5 Å². The minimum atomic E-state index is -0.910. The number of aliphatic carboxylic acids is 1. The zero-order valence-electron chi connectivity index (χ0n) is 20.4. The van der Waals surface area contributed by atoms with E-state index in [1.54, 1.807) is 11.8 Å². The molecule has 0 aromatic heterocycles. The second-order valence-electron chi connectivity index (χ2n) is 9.64. The number of hydrogen-bond acceptors (Lipinski definition) is 4. The highest BCUT2D eigenvalue weighted by Gasteiger charge is 2.33. The SMILES string of the molecule is CCN(CC(C)C(=O)O)C(=O)CC1CCCC1NC(=O)OCC1c2ccccc2-c2ccccc21. The summed E-state index contributed by atoms with van der Waals surface area (Å²) in [5.41, 5.74) is 4.70. The van der Waals surface area contributed by atoms with E-state index in [-0.39, 0.29) is 36.9 Å². The Bertz CT molecular complexity index is 1040. The molecule has 2 amide bonds. The molecule has 2 aliphatic carbocycles. The zero-order valence-corrected chi connectivity index (χ0v) is 20.4. The molecule has 2 aromatic carbocycles. The largest absolute Gasteiger partial charge is 0.481 e. The average Bonchev–Trinajstić information content (AvgIpc) is 3.42. The number of benzene rings is 2. The number of nitrogens with one attached hydrogen (secondary N) is 1. The van der Waals surface area contributed by atoms with Crippen molar-refractivity contribution in [2.24, 2.45) is 11.8 Å². The van der Waals surface area contributed by atoms with Crippen LogP contribution in [0.15, 0.2) is 48.5 Å². The van der Waals surface area contributed by atoms with Crippen LogP contribution in [0.25, 0.3) is 11.1 Å². The van der Waals surface area contributed by atoms with Gasteiger partial charge in [-0.2, -0.15) is 0 Å². The monoisotopic (exact) mass is 478 g/mol. The fraction of sp³-hybridized carbons (Fsp3) is 0.464. The Morgan fingerprint density at radius 2 is 1.69 bits per heavy atom. The molecule has 2 aromatic rings. The predicted molar refractivity (Wildman–Crippen MR) is 133 cm³/mol. The number of hydrogen-bond donors (Lipinski definition) is 2. The van der Waals surface area contributed by atoms with Gasteiger partial charge in [-0.25, -0.2) is 4.79 Å². The molecule has 0 radical (unpaired) electrons. The Labute approximate surface area is 206 Å². The van der Waals surface area contributed by atoms with Crippen molar-refractivity contribution in [1.82, 2.24) is 10.2 Å². The molecular formula is C28H34N2O5. The van der Waals surface area contributed by atoms with E-state index in [0.717, 1.165) is 19.3 Å². The lowest BCUT2D eigenvalue weighted by Gasteiger charge is -2.26. The Hall–Kier alpha value is -3.35. The van der Waals surface area contributed by atoms with Gasteiger partial charge in [0.2, 0.25) is 5.91 Å². The molecule has 2 aliphatic rings. The lowest BCUT2D eigenvalue weighted by Crippen LogP contribution is -2.42. The van der Waals surface area contributed by atoms with Gasteiger partial charge in [-0.15, -0.1) is 0 Å². The van der Waals surface area contributed by atoms with Crippen molar-refractivity contribution in [1.29, 1.82) is 0 Å². The van der Waals surface area contributed by atoms with Gasteiger partial charge in [0.1, 0.15) is 6.61 Å². The first kappa shape index (κ1) is 24.8. The van der Waals surface area contributed by atoms with E-state index in [4.69, 9.17) is 4.74 Å². The summed E-state index contributed by atoms with van der Waals surface area (Å²) in [6, 6.07) is 16.3. The third-order valence-corrected chi connectivity index (χ3v) is 7.39. The number of carbonyl (C=O) groups is 3. The third-order valence-electron chi connectivity index (χ3n) is 7.39. The lowest BCUT2D eigenvalue weighted by molar-refractivity contribution is -0.143. The number of carboxylic acid groups (broad SMARTS) is 1. The topological polar surface area (TPSA) is 95.9 Å². The number of fused-ring (bicyclic) bond motifs is 3. The highest BCUT2D eigenvalue weighted by Crippen LogP contribution is 2.44. The molecule has 4 rings (SSSR count). The summed E-state index contributed by atoms with van der Waals surface area (Å²) in [4.78, 5) is 38.4. The molecule has 2 N–H and O–H groups in total. The number of nitrogens with zero attached hydrogens (tertiary/aromatic N) is 1. The van der Waals surface area contributed by atoms with Crippen molar-refractivity contribution in [3.05, 3.63) is 59.7 Å². The van der Waals surface area contributed by atoms with E-state index in [9.17, 15) is 19.5 Å². The molecule has 7 heteroatoms. The standard InChI is InChI=1S/C28H34N2O5/c1-3-30(16-18(2)27(32)33)26(31)15-19-9-8-14-25(19)29-28(34)35-17-24-22-12-6-4-10-20(22)21-11-5-7-13-23(21)24/h4-7,10-13,18-19,24-25H,3,8-9,14-17H2,1-2H3,(H,29,34)(H,32,33). The van der Waals surface area contributed by atoms with E-state index >= 15 is 0 Å². The number of rotatable bonds is 9. The number of carbonyl (C=O) groups excluding carboxylic acids is 2. The van der Waals surface area contributed by atoms with E-state index in [1.165, 1.54) is 22.3 Å². The summed E-state index contributed by atoms with van der Waals surface area (Å²) in [6.45, 7) is 4.38. The van der Waals surface area contributed by atoms with E-state index in [1.807, 2.05) is 31.2 Å². The van der Waals surface area contributed by atoms with Crippen molar-refractivity contribution < 1.29 is 24.2 Å². The molecule has 35 heavy (non-hydrogen) atoms. The van der Waals surface area contributed by atoms with E-state index in [2.05, 4.69) is 29.6 Å². The number of carboxylic acids is 1. The normalized spacial score (nSPS) is 19.5. The van der Waals surface area contributed by atoms with Crippen LogP contribution in [0.1, 0.15) is 56.6 Å². The molecule has 1 fully saturated rings. The molecule has 1 saturated carbocycles. The van der Waals surface area contributed by atoms with Gasteiger partial charge in [0.15, 0.2) is 0 Å². The Kier molecular flexibility index (Phi) is 7.73. The second-order valence-corrected chi connectivity index (χ2v) is 9.64. The van der Waals surface area contributed by atoms with Crippen molar-refractivity contribution in [2.75, 3.05) is 19.7 Å². The second kappa shape index (κ2) is 10.9. The molecule has 0 aliphatic heterocycles. The van der Waals surface area contributed by atoms with Crippen molar-refractivity contribution in [3.63, 3.8) is 0 Å². The molecule has 7 nitrogen and oxygen atoms in total. The third kappa shape index (κ3) is 5.50. The van der Waals surface area contributed by atoms with Gasteiger partial charge in [0.25, 0.3) is 0 Å². The molecule has 3 atom stereocenters. The highest BCUT2D eigenvalue weighted by molar-refractivity contribution is 5.79. The van der Waals surface area contributed by atoms with Crippen molar-refractivity contribution in [3.8, 4) is 11.1 Å². The van der Waals surface area contributed by atoms with Crippen molar-refractivity contribution >= 4 is 18.0 Å². The summed E-state index contributed by atoms with van der Waals surface area (Å²) in [6.07, 6.45) is 2.44. The van der Waals surface area contributed by atoms with Gasteiger partial charge in [0.05, 0.1) is 5.92 Å². The minimum Gasteiger partial charge on any atom is -0.481 e. The fourth-order valence-corrected chi connectivity index (χ4v) is 5.43. The smallest absolute Gasteiger partial charge is 0.407 e. The Morgan fingerprint density at radius 3 is 2.29 bits per heavy atom. The van der Waals surface area contributed by atoms with Gasteiger partial charge >= 0.3 is 12.1 Å². The number of amides is 2. The Balaban J connectivity index is 1.33. The molecule has 0 heterocycles. The first-order chi connectivity index (χ1) is 16.9. The van der Waals surface area contributed by atoms with Crippen LogP contribution in [0.2, 0.25) is 0 Å². The van der Waals surface area contributed by atoms with Gasteiger partial charge in [-0.05, 0) is 47.9 Å². The summed E-state index contributed by atoms with van der Waals surface area (Å²) in [7, 11) is 0. The van der Waals surface area contributed by atoms with Gasteiger partial charge in [-0.3, -0.25) is 9.59 Å². The molecule has 3 unspecified atom stereocenters. The maximum Gasteiger partial charge on any atom is 0.407 e. The first-order valence-corrected chi connectivity index (χ1v) is 12.5. The van der Waals surface area contributed by atoms with Crippen LogP contribution >= 0.6 is 0 Å². The van der Waals surface area contributed by atoms with Gasteiger partial charge in [0, 0.05) is 31.5 Å². The van der Waals surface area contributed by atoms with Gasteiger partial charge < -0.3 is 20.1 Å². The van der Waals surface area contributed by atoms with E-state index < -0.39 is 18.0 Å². The maximum absolute atomic E-state index is 12.8. The average molecular weight is 479 g/mol. The van der Waals surface area contributed by atoms with Crippen LogP contribution in [0.5, 0.6) is 0 Å². The quantitative estimate of drug-likeness (QED) is 0.547. The number of ether oxygens (including phenoxy) is 1. The van der Waals surface area contributed by atoms with Crippen LogP contribution in [-0.4, -0.2) is 53.7 Å². The van der Waals surface area contributed by atoms with Crippen LogP contribution in [-0.2, 0) is 14.3 Å². The molecule has 186 valence electrons. The van der Waals surface area contributed by atoms with E-state index in [0.29, 0.717) is 13.0 Å². The van der Waals surface area contributed by atoms with Crippen LogP contribution in [0.4, 0.5) is 4.79 Å². The highest BCUT2D eigenvalue weighted by atomic mass is 16.5. The minimum absolute atomic E-state index is 0.00319. The van der Waals surface area contributed by atoms with Gasteiger partial charge in [-0.1, -0.05) is 61.9 Å².